The van der Waals surface area contributed by atoms with Crippen LogP contribution in [0.4, 0.5) is 0 Å². The van der Waals surface area contributed by atoms with Gasteiger partial charge >= 0.3 is 0 Å². The normalized spacial score (nSPS) is 10.7. The molecule has 0 bridgehead atoms. The zero-order valence-corrected chi connectivity index (χ0v) is 10.0. The number of thiocarbonyl (C=S) groups is 1. The second-order valence-electron chi connectivity index (χ2n) is 3.16. The summed E-state index contributed by atoms with van der Waals surface area (Å²) in [5, 5.41) is 2.11. The number of rotatable bonds is 6. The van der Waals surface area contributed by atoms with E-state index in [1.54, 1.807) is 11.3 Å². The Morgan fingerprint density at radius 1 is 1.64 bits per heavy atom. The third-order valence-electron chi connectivity index (χ3n) is 2.08. The largest absolute Gasteiger partial charge is 0.392 e. The molecule has 4 heteroatoms. The molecule has 1 rings (SSSR count). The highest BCUT2D eigenvalue weighted by molar-refractivity contribution is 7.80. The fraction of sp³-hybridized carbons (Fsp3) is 0.500. The molecule has 0 saturated carbocycles. The lowest BCUT2D eigenvalue weighted by molar-refractivity contribution is 0.334. The van der Waals surface area contributed by atoms with Crippen molar-refractivity contribution in [3.8, 4) is 0 Å². The Morgan fingerprint density at radius 3 is 2.93 bits per heavy atom. The standard InChI is InChI=1S/C10H16N2S2/c1-2-12(8-10(11)13)6-5-9-4-3-7-14-9/h3-4,7H,2,5-6,8H2,1H3,(H2,11,13). The van der Waals surface area contributed by atoms with Crippen LogP contribution in [0.2, 0.25) is 0 Å². The Bertz CT molecular complexity index is 270. The molecule has 2 nitrogen and oxygen atoms in total. The van der Waals surface area contributed by atoms with E-state index in [0.717, 1.165) is 26.1 Å². The van der Waals surface area contributed by atoms with Crippen molar-refractivity contribution < 1.29 is 0 Å². The van der Waals surface area contributed by atoms with Gasteiger partial charge in [0.1, 0.15) is 0 Å². The Hall–Kier alpha value is -0.450. The monoisotopic (exact) mass is 228 g/mol. The van der Waals surface area contributed by atoms with E-state index in [4.69, 9.17) is 18.0 Å². The molecule has 1 heterocycles. The summed E-state index contributed by atoms with van der Waals surface area (Å²) < 4.78 is 0. The Morgan fingerprint density at radius 2 is 2.43 bits per heavy atom. The Balaban J connectivity index is 2.30. The molecule has 0 aliphatic heterocycles. The summed E-state index contributed by atoms with van der Waals surface area (Å²) in [5.74, 6) is 0. The predicted octanol–water partition coefficient (Wildman–Crippen LogP) is 1.90. The second kappa shape index (κ2) is 6.11. The van der Waals surface area contributed by atoms with E-state index in [1.165, 1.54) is 4.88 Å². The van der Waals surface area contributed by atoms with Gasteiger partial charge in [0, 0.05) is 18.0 Å². The molecule has 0 fully saturated rings. The molecule has 1 aromatic heterocycles. The number of hydrogen-bond donors (Lipinski definition) is 1. The van der Waals surface area contributed by atoms with Crippen LogP contribution in [-0.2, 0) is 6.42 Å². The van der Waals surface area contributed by atoms with Crippen LogP contribution < -0.4 is 5.73 Å². The lowest BCUT2D eigenvalue weighted by Gasteiger charge is -2.18. The molecule has 0 radical (unpaired) electrons. The average Bonchev–Trinajstić information content (AvgIpc) is 2.64. The molecule has 0 aliphatic carbocycles. The van der Waals surface area contributed by atoms with E-state index >= 15 is 0 Å². The van der Waals surface area contributed by atoms with E-state index in [2.05, 4.69) is 29.3 Å². The van der Waals surface area contributed by atoms with Crippen LogP contribution in [0.15, 0.2) is 17.5 Å². The summed E-state index contributed by atoms with van der Waals surface area (Å²) in [6, 6.07) is 4.25. The average molecular weight is 228 g/mol. The maximum absolute atomic E-state index is 5.51. The summed E-state index contributed by atoms with van der Waals surface area (Å²) in [6.07, 6.45) is 1.09. The van der Waals surface area contributed by atoms with Crippen molar-refractivity contribution in [1.82, 2.24) is 4.90 Å². The molecular weight excluding hydrogens is 212 g/mol. The third-order valence-corrected chi connectivity index (χ3v) is 3.15. The molecule has 78 valence electrons. The summed E-state index contributed by atoms with van der Waals surface area (Å²) >= 11 is 6.69. The quantitative estimate of drug-likeness (QED) is 0.754. The van der Waals surface area contributed by atoms with Gasteiger partial charge in [-0.25, -0.2) is 0 Å². The second-order valence-corrected chi connectivity index (χ2v) is 4.72. The van der Waals surface area contributed by atoms with Crippen molar-refractivity contribution in [1.29, 1.82) is 0 Å². The summed E-state index contributed by atoms with van der Waals surface area (Å²) in [6.45, 7) is 4.90. The van der Waals surface area contributed by atoms with Crippen LogP contribution in [0, 0.1) is 0 Å². The fourth-order valence-electron chi connectivity index (χ4n) is 1.29. The summed E-state index contributed by atoms with van der Waals surface area (Å²) in [7, 11) is 0. The fourth-order valence-corrected chi connectivity index (χ4v) is 2.17. The van der Waals surface area contributed by atoms with Gasteiger partial charge in [0.2, 0.25) is 0 Å². The first-order valence-corrected chi connectivity index (χ1v) is 6.04. The molecule has 1 aromatic rings. The van der Waals surface area contributed by atoms with E-state index in [-0.39, 0.29) is 0 Å². The minimum Gasteiger partial charge on any atom is -0.392 e. The molecule has 0 spiro atoms. The zero-order chi connectivity index (χ0) is 10.4. The zero-order valence-electron chi connectivity index (χ0n) is 8.40. The van der Waals surface area contributed by atoms with Crippen LogP contribution in [0.1, 0.15) is 11.8 Å². The van der Waals surface area contributed by atoms with E-state index in [1.807, 2.05) is 0 Å². The van der Waals surface area contributed by atoms with Gasteiger partial charge in [-0.2, -0.15) is 0 Å². The molecule has 0 aliphatic rings. The number of nitrogens with two attached hydrogens (primary N) is 1. The summed E-state index contributed by atoms with van der Waals surface area (Å²) in [4.78, 5) is 4.27. The molecule has 0 aromatic carbocycles. The molecule has 0 amide bonds. The first-order chi connectivity index (χ1) is 6.72. The van der Waals surface area contributed by atoms with Gasteiger partial charge < -0.3 is 5.73 Å². The van der Waals surface area contributed by atoms with E-state index in [9.17, 15) is 0 Å². The molecule has 0 unspecified atom stereocenters. The minimum atomic E-state index is 0.582. The molecule has 2 N–H and O–H groups in total. The molecule has 0 atom stereocenters. The lowest BCUT2D eigenvalue weighted by Crippen LogP contribution is -2.33. The molecule has 0 saturated heterocycles. The maximum Gasteiger partial charge on any atom is 0.0870 e. The van der Waals surface area contributed by atoms with Crippen LogP contribution >= 0.6 is 23.6 Å². The van der Waals surface area contributed by atoms with Crippen molar-refractivity contribution in [3.05, 3.63) is 22.4 Å². The number of likely N-dealkylation sites (N-methyl/N-ethyl adjacent to an activating group) is 1. The van der Waals surface area contributed by atoms with Crippen LogP contribution in [-0.4, -0.2) is 29.5 Å². The van der Waals surface area contributed by atoms with Crippen molar-refractivity contribution in [2.24, 2.45) is 5.73 Å². The first-order valence-electron chi connectivity index (χ1n) is 4.75. The predicted molar refractivity (Wildman–Crippen MR) is 66.9 cm³/mol. The van der Waals surface area contributed by atoms with Gasteiger partial charge in [-0.3, -0.25) is 4.90 Å². The van der Waals surface area contributed by atoms with Crippen molar-refractivity contribution in [3.63, 3.8) is 0 Å². The SMILES string of the molecule is CCN(CCc1cccs1)CC(N)=S. The highest BCUT2D eigenvalue weighted by Gasteiger charge is 2.04. The van der Waals surface area contributed by atoms with Gasteiger partial charge in [0.05, 0.1) is 4.99 Å². The third kappa shape index (κ3) is 4.17. The van der Waals surface area contributed by atoms with Gasteiger partial charge in [0.15, 0.2) is 0 Å². The van der Waals surface area contributed by atoms with Gasteiger partial charge in [-0.15, -0.1) is 11.3 Å². The van der Waals surface area contributed by atoms with Crippen molar-refractivity contribution in [2.75, 3.05) is 19.6 Å². The number of thiophene rings is 1. The lowest BCUT2D eigenvalue weighted by atomic mass is 10.3. The van der Waals surface area contributed by atoms with Crippen LogP contribution in [0.5, 0.6) is 0 Å². The van der Waals surface area contributed by atoms with Gasteiger partial charge in [0.25, 0.3) is 0 Å². The number of nitrogens with zero attached hydrogens (tertiary/aromatic N) is 1. The Kier molecular flexibility index (Phi) is 5.07. The smallest absolute Gasteiger partial charge is 0.0870 e. The van der Waals surface area contributed by atoms with Gasteiger partial charge in [-0.05, 0) is 24.4 Å². The maximum atomic E-state index is 5.51. The van der Waals surface area contributed by atoms with E-state index < -0.39 is 0 Å². The summed E-state index contributed by atoms with van der Waals surface area (Å²) in [5.41, 5.74) is 5.51. The minimum absolute atomic E-state index is 0.582. The topological polar surface area (TPSA) is 29.3 Å². The van der Waals surface area contributed by atoms with Gasteiger partial charge in [-0.1, -0.05) is 25.2 Å². The molecular formula is C10H16N2S2. The highest BCUT2D eigenvalue weighted by atomic mass is 32.1. The Labute approximate surface area is 94.7 Å². The molecule has 14 heavy (non-hydrogen) atoms. The highest BCUT2D eigenvalue weighted by Crippen LogP contribution is 2.09. The first kappa shape index (κ1) is 11.6. The van der Waals surface area contributed by atoms with E-state index in [0.29, 0.717) is 4.99 Å². The van der Waals surface area contributed by atoms with Crippen LogP contribution in [0.3, 0.4) is 0 Å². The van der Waals surface area contributed by atoms with Crippen molar-refractivity contribution in [2.45, 2.75) is 13.3 Å². The van der Waals surface area contributed by atoms with Crippen LogP contribution in [0.25, 0.3) is 0 Å². The van der Waals surface area contributed by atoms with Crippen molar-refractivity contribution >= 4 is 28.5 Å². The number of hydrogen-bond acceptors (Lipinski definition) is 3.